The first-order chi connectivity index (χ1) is 23.8. The molecule has 1 aromatic heterocycles. The van der Waals surface area contributed by atoms with Crippen LogP contribution in [0.4, 0.5) is 17.1 Å². The Labute approximate surface area is 284 Å². The number of nitrogens with zero attached hydrogens (tertiary/aromatic N) is 1. The van der Waals surface area contributed by atoms with E-state index in [-0.39, 0.29) is 0 Å². The molecule has 0 saturated heterocycles. The van der Waals surface area contributed by atoms with E-state index in [1.165, 1.54) is 64.3 Å². The molecular formula is C46H31NS. The van der Waals surface area contributed by atoms with Gasteiger partial charge in [-0.25, -0.2) is 0 Å². The number of thiophene rings is 1. The molecule has 9 rings (SSSR count). The Morgan fingerprint density at radius 3 is 1.69 bits per heavy atom. The van der Waals surface area contributed by atoms with E-state index >= 15 is 0 Å². The second-order valence-corrected chi connectivity index (χ2v) is 13.2. The van der Waals surface area contributed by atoms with E-state index in [1.807, 2.05) is 11.3 Å². The fourth-order valence-electron chi connectivity index (χ4n) is 6.94. The van der Waals surface area contributed by atoms with E-state index in [2.05, 4.69) is 193 Å². The Morgan fingerprint density at radius 1 is 0.333 bits per heavy atom. The molecule has 0 atom stereocenters. The third-order valence-electron chi connectivity index (χ3n) is 9.28. The van der Waals surface area contributed by atoms with E-state index in [0.717, 1.165) is 17.1 Å². The van der Waals surface area contributed by atoms with Crippen LogP contribution in [0, 0.1) is 0 Å². The molecule has 0 unspecified atom stereocenters. The summed E-state index contributed by atoms with van der Waals surface area (Å²) in [4.78, 5) is 2.36. The molecular weight excluding hydrogens is 599 g/mol. The van der Waals surface area contributed by atoms with Crippen LogP contribution >= 0.6 is 11.3 Å². The Balaban J connectivity index is 1.09. The van der Waals surface area contributed by atoms with Gasteiger partial charge in [-0.2, -0.15) is 0 Å². The maximum absolute atomic E-state index is 2.36. The van der Waals surface area contributed by atoms with E-state index in [1.54, 1.807) is 0 Å². The molecule has 9 aromatic rings. The summed E-state index contributed by atoms with van der Waals surface area (Å²) in [5, 5.41) is 5.19. The quantitative estimate of drug-likeness (QED) is 0.177. The summed E-state index contributed by atoms with van der Waals surface area (Å²) in [6.45, 7) is 0. The first-order valence-corrected chi connectivity index (χ1v) is 17.2. The van der Waals surface area contributed by atoms with Crippen LogP contribution in [0.15, 0.2) is 188 Å². The maximum Gasteiger partial charge on any atom is 0.0540 e. The predicted octanol–water partition coefficient (Wildman–Crippen LogP) is 13.7. The molecule has 2 heteroatoms. The number of fused-ring (bicyclic) bond motifs is 4. The van der Waals surface area contributed by atoms with Gasteiger partial charge < -0.3 is 4.90 Å². The van der Waals surface area contributed by atoms with Gasteiger partial charge >= 0.3 is 0 Å². The lowest BCUT2D eigenvalue weighted by Crippen LogP contribution is -2.11. The minimum absolute atomic E-state index is 1.12. The van der Waals surface area contributed by atoms with Gasteiger partial charge in [0.05, 0.1) is 5.69 Å². The van der Waals surface area contributed by atoms with Gasteiger partial charge in [-0.3, -0.25) is 0 Å². The lowest BCUT2D eigenvalue weighted by Gasteiger charge is -2.28. The molecule has 0 N–H and O–H groups in total. The van der Waals surface area contributed by atoms with Gasteiger partial charge in [0.15, 0.2) is 0 Å². The largest absolute Gasteiger partial charge is 0.310 e. The average molecular weight is 630 g/mol. The zero-order valence-corrected chi connectivity index (χ0v) is 27.1. The summed E-state index contributed by atoms with van der Waals surface area (Å²) in [5.74, 6) is 0. The van der Waals surface area contributed by atoms with Crippen LogP contribution in [0.1, 0.15) is 0 Å². The van der Waals surface area contributed by atoms with Gasteiger partial charge in [0, 0.05) is 37.1 Å². The smallest absolute Gasteiger partial charge is 0.0540 e. The van der Waals surface area contributed by atoms with E-state index < -0.39 is 0 Å². The molecule has 1 nitrogen and oxygen atoms in total. The molecule has 0 saturated carbocycles. The molecule has 0 spiro atoms. The van der Waals surface area contributed by atoms with Crippen LogP contribution in [-0.4, -0.2) is 0 Å². The summed E-state index contributed by atoms with van der Waals surface area (Å²) in [6, 6.07) is 68.0. The maximum atomic E-state index is 2.36. The third kappa shape index (κ3) is 5.04. The Bertz CT molecular complexity index is 2540. The van der Waals surface area contributed by atoms with Crippen LogP contribution in [0.3, 0.4) is 0 Å². The predicted molar refractivity (Wildman–Crippen MR) is 208 cm³/mol. The van der Waals surface area contributed by atoms with E-state index in [9.17, 15) is 0 Å². The van der Waals surface area contributed by atoms with Crippen LogP contribution in [0.5, 0.6) is 0 Å². The van der Waals surface area contributed by atoms with Crippen LogP contribution in [-0.2, 0) is 0 Å². The molecule has 1 heterocycles. The topological polar surface area (TPSA) is 3.24 Å². The molecule has 8 aromatic carbocycles. The van der Waals surface area contributed by atoms with Crippen molar-refractivity contribution in [2.24, 2.45) is 0 Å². The molecule has 226 valence electrons. The first-order valence-electron chi connectivity index (χ1n) is 16.3. The average Bonchev–Trinajstić information content (AvgIpc) is 3.53. The summed E-state index contributed by atoms with van der Waals surface area (Å²) in [5.41, 5.74) is 10.8. The van der Waals surface area contributed by atoms with Gasteiger partial charge in [-0.15, -0.1) is 11.3 Å². The molecule has 0 fully saturated rings. The standard InChI is InChI=1S/C46H31NS/c1-3-12-34(13-4-1)41-19-9-10-21-44(41)47(37-16-5-2-6-17-37)38-26-22-32(23-27-38)35-24-28-42-43-29-25-36(31-46(43)48-45(42)30-35)40-20-11-15-33-14-7-8-18-39(33)40/h1-31H. The molecule has 0 amide bonds. The number of anilines is 3. The normalized spacial score (nSPS) is 11.3. The minimum atomic E-state index is 1.12. The third-order valence-corrected chi connectivity index (χ3v) is 10.4. The van der Waals surface area contributed by atoms with Crippen molar-refractivity contribution in [3.63, 3.8) is 0 Å². The van der Waals surface area contributed by atoms with Crippen molar-refractivity contribution < 1.29 is 0 Å². The number of para-hydroxylation sites is 2. The van der Waals surface area contributed by atoms with Crippen LogP contribution in [0.2, 0.25) is 0 Å². The number of hydrogen-bond donors (Lipinski definition) is 0. The van der Waals surface area contributed by atoms with Gasteiger partial charge in [-0.1, -0.05) is 146 Å². The summed E-state index contributed by atoms with van der Waals surface area (Å²) < 4.78 is 2.63. The minimum Gasteiger partial charge on any atom is -0.310 e. The lowest BCUT2D eigenvalue weighted by molar-refractivity contribution is 1.28. The lowest BCUT2D eigenvalue weighted by atomic mass is 9.97. The fraction of sp³-hybridized carbons (Fsp3) is 0. The first kappa shape index (κ1) is 28.3. The second kappa shape index (κ2) is 12.0. The van der Waals surface area contributed by atoms with E-state index in [4.69, 9.17) is 0 Å². The molecule has 0 aliphatic carbocycles. The van der Waals surface area contributed by atoms with Crippen molar-refractivity contribution in [2.75, 3.05) is 4.90 Å². The zero-order valence-electron chi connectivity index (χ0n) is 26.3. The fourth-order valence-corrected chi connectivity index (χ4v) is 8.12. The molecule has 48 heavy (non-hydrogen) atoms. The SMILES string of the molecule is c1ccc(-c2ccccc2N(c2ccccc2)c2ccc(-c3ccc4c(c3)sc3cc(-c5cccc6ccccc56)ccc34)cc2)cc1. The van der Waals surface area contributed by atoms with Gasteiger partial charge in [0.25, 0.3) is 0 Å². The second-order valence-electron chi connectivity index (χ2n) is 12.2. The number of rotatable bonds is 6. The highest BCUT2D eigenvalue weighted by atomic mass is 32.1. The number of benzene rings is 8. The highest BCUT2D eigenvalue weighted by Gasteiger charge is 2.17. The molecule has 0 aliphatic heterocycles. The monoisotopic (exact) mass is 629 g/mol. The number of hydrogen-bond acceptors (Lipinski definition) is 2. The highest BCUT2D eigenvalue weighted by molar-refractivity contribution is 7.25. The summed E-state index contributed by atoms with van der Waals surface area (Å²) in [7, 11) is 0. The van der Waals surface area contributed by atoms with Crippen molar-refractivity contribution in [2.45, 2.75) is 0 Å². The van der Waals surface area contributed by atoms with Gasteiger partial charge in [0.2, 0.25) is 0 Å². The van der Waals surface area contributed by atoms with Crippen molar-refractivity contribution in [3.05, 3.63) is 188 Å². The Kier molecular flexibility index (Phi) is 7.07. The molecule has 0 radical (unpaired) electrons. The zero-order chi connectivity index (χ0) is 31.9. The Hall–Kier alpha value is -5.96. The van der Waals surface area contributed by atoms with Crippen molar-refractivity contribution in [3.8, 4) is 33.4 Å². The summed E-state index contributed by atoms with van der Waals surface area (Å²) >= 11 is 1.88. The molecule has 0 aliphatic rings. The van der Waals surface area contributed by atoms with Crippen LogP contribution in [0.25, 0.3) is 64.3 Å². The van der Waals surface area contributed by atoms with Crippen molar-refractivity contribution in [1.29, 1.82) is 0 Å². The highest BCUT2D eigenvalue weighted by Crippen LogP contribution is 2.42. The van der Waals surface area contributed by atoms with Crippen molar-refractivity contribution in [1.82, 2.24) is 0 Å². The van der Waals surface area contributed by atoms with Gasteiger partial charge in [0.1, 0.15) is 0 Å². The Morgan fingerprint density at radius 2 is 0.896 bits per heavy atom. The summed E-state index contributed by atoms with van der Waals surface area (Å²) in [6.07, 6.45) is 0. The van der Waals surface area contributed by atoms with E-state index in [0.29, 0.717) is 0 Å². The van der Waals surface area contributed by atoms with Crippen LogP contribution < -0.4 is 4.90 Å². The van der Waals surface area contributed by atoms with Crippen molar-refractivity contribution >= 4 is 59.3 Å². The van der Waals surface area contributed by atoms with Gasteiger partial charge in [-0.05, 0) is 81.1 Å². The molecule has 0 bridgehead atoms.